The third-order valence-electron chi connectivity index (χ3n) is 5.17. The van der Waals surface area contributed by atoms with E-state index in [4.69, 9.17) is 9.94 Å². The van der Waals surface area contributed by atoms with Crippen LogP contribution in [0.1, 0.15) is 12.5 Å². The zero-order chi connectivity index (χ0) is 21.1. The number of alkyl halides is 1. The van der Waals surface area contributed by atoms with Gasteiger partial charge in [-0.25, -0.2) is 9.87 Å². The fourth-order valence-electron chi connectivity index (χ4n) is 3.26. The minimum absolute atomic E-state index is 0.226. The lowest BCUT2D eigenvalue weighted by Gasteiger charge is -2.54. The molecule has 0 aromatic heterocycles. The number of nitrogens with one attached hydrogen (secondary N) is 2. The Bertz CT molecular complexity index is 887. The normalized spacial score (nSPS) is 27.0. The standard InChI is InChI=1S/C21H24FN2O4P/c1-20(26)18(22)29-21(20,19(25)24-27)23-13-3-4-14-5-7-15(8-6-14)16-9-11-17(28-2)12-10-16/h3-12,18,23,26-27,29H,13H2,1-2H3,(H,24,25)/b4-3+/t18?,20-,21+/m1/s1. The average molecular weight is 418 g/mol. The first-order valence-electron chi connectivity index (χ1n) is 9.09. The van der Waals surface area contributed by atoms with Gasteiger partial charge in [-0.1, -0.05) is 48.6 Å². The van der Waals surface area contributed by atoms with Gasteiger partial charge < -0.3 is 9.84 Å². The number of hydrogen-bond donors (Lipinski definition) is 4. The highest BCUT2D eigenvalue weighted by Gasteiger charge is 2.67. The molecule has 1 aliphatic heterocycles. The SMILES string of the molecule is COc1ccc(-c2ccc(/C=C/CN[C@@]3(C(=O)NO)PC(F)[C@@]3(C)O)cc2)cc1. The molecule has 6 nitrogen and oxygen atoms in total. The second kappa shape index (κ2) is 8.59. The molecule has 3 rings (SSSR count). The molecule has 1 aliphatic rings. The van der Waals surface area contributed by atoms with Crippen LogP contribution in [0.25, 0.3) is 17.2 Å². The highest BCUT2D eigenvalue weighted by Crippen LogP contribution is 2.58. The van der Waals surface area contributed by atoms with Gasteiger partial charge in [0, 0.05) is 6.54 Å². The number of amides is 1. The van der Waals surface area contributed by atoms with Gasteiger partial charge in [-0.2, -0.15) is 0 Å². The van der Waals surface area contributed by atoms with Crippen molar-refractivity contribution in [2.24, 2.45) is 0 Å². The molecule has 4 atom stereocenters. The van der Waals surface area contributed by atoms with Crippen molar-refractivity contribution in [1.29, 1.82) is 0 Å². The number of halogens is 1. The number of rotatable bonds is 7. The van der Waals surface area contributed by atoms with E-state index >= 15 is 0 Å². The second-order valence-corrected chi connectivity index (χ2v) is 8.52. The molecule has 0 spiro atoms. The molecule has 1 amide bonds. The van der Waals surface area contributed by atoms with Crippen molar-refractivity contribution in [1.82, 2.24) is 10.8 Å². The van der Waals surface area contributed by atoms with Crippen LogP contribution in [0, 0.1) is 0 Å². The number of carbonyl (C=O) groups is 1. The van der Waals surface area contributed by atoms with Crippen LogP contribution >= 0.6 is 8.58 Å². The first kappa shape index (κ1) is 21.4. The Kier molecular flexibility index (Phi) is 6.34. The Hall–Kier alpha value is -2.31. The van der Waals surface area contributed by atoms with Crippen molar-refractivity contribution in [3.63, 3.8) is 0 Å². The predicted molar refractivity (Wildman–Crippen MR) is 112 cm³/mol. The lowest BCUT2D eigenvalue weighted by Crippen LogP contribution is -2.75. The van der Waals surface area contributed by atoms with Crippen molar-refractivity contribution >= 4 is 20.6 Å². The van der Waals surface area contributed by atoms with Crippen molar-refractivity contribution in [2.75, 3.05) is 13.7 Å². The average Bonchev–Trinajstić information content (AvgIpc) is 2.75. The van der Waals surface area contributed by atoms with Crippen molar-refractivity contribution < 1.29 is 24.2 Å². The fraction of sp³-hybridized carbons (Fsp3) is 0.286. The van der Waals surface area contributed by atoms with Crippen LogP contribution in [-0.2, 0) is 4.79 Å². The van der Waals surface area contributed by atoms with Crippen molar-refractivity contribution in [3.05, 3.63) is 60.2 Å². The molecular weight excluding hydrogens is 394 g/mol. The summed E-state index contributed by atoms with van der Waals surface area (Å²) < 4.78 is 18.9. The predicted octanol–water partition coefficient (Wildman–Crippen LogP) is 2.91. The zero-order valence-electron chi connectivity index (χ0n) is 16.1. The number of hydrogen-bond acceptors (Lipinski definition) is 5. The highest BCUT2D eigenvalue weighted by molar-refractivity contribution is 7.44. The summed E-state index contributed by atoms with van der Waals surface area (Å²) in [4.78, 5) is 12.0. The molecular formula is C21H24FN2O4P. The molecule has 1 heterocycles. The van der Waals surface area contributed by atoms with Crippen LogP contribution in [-0.4, -0.2) is 46.7 Å². The Morgan fingerprint density at radius 3 is 2.28 bits per heavy atom. The van der Waals surface area contributed by atoms with Crippen LogP contribution in [0.2, 0.25) is 0 Å². The summed E-state index contributed by atoms with van der Waals surface area (Å²) in [5.74, 6) is -1.55. The molecule has 2 aromatic carbocycles. The molecule has 0 bridgehead atoms. The maximum Gasteiger partial charge on any atom is 0.270 e. The molecule has 4 N–H and O–H groups in total. The van der Waals surface area contributed by atoms with Crippen LogP contribution in [0.4, 0.5) is 4.39 Å². The van der Waals surface area contributed by atoms with Crippen LogP contribution in [0.15, 0.2) is 54.6 Å². The first-order valence-corrected chi connectivity index (χ1v) is 10.2. The van der Waals surface area contributed by atoms with E-state index in [1.807, 2.05) is 54.6 Å². The minimum atomic E-state index is -1.88. The molecule has 2 aromatic rings. The Morgan fingerprint density at radius 2 is 1.79 bits per heavy atom. The Labute approximate surface area is 170 Å². The van der Waals surface area contributed by atoms with E-state index in [-0.39, 0.29) is 6.54 Å². The molecule has 0 radical (unpaired) electrons. The van der Waals surface area contributed by atoms with Gasteiger partial charge in [-0.05, 0) is 44.3 Å². The van der Waals surface area contributed by atoms with Crippen LogP contribution in [0.3, 0.4) is 0 Å². The molecule has 8 heteroatoms. The summed E-state index contributed by atoms with van der Waals surface area (Å²) in [6.07, 6.45) is 3.64. The summed E-state index contributed by atoms with van der Waals surface area (Å²) in [5, 5.41) is 20.5. The quantitative estimate of drug-likeness (QED) is 0.315. The Balaban J connectivity index is 1.62. The van der Waals surface area contributed by atoms with E-state index in [0.717, 1.165) is 22.4 Å². The minimum Gasteiger partial charge on any atom is -0.497 e. The van der Waals surface area contributed by atoms with E-state index in [1.165, 1.54) is 12.4 Å². The Morgan fingerprint density at radius 1 is 1.21 bits per heavy atom. The van der Waals surface area contributed by atoms with Gasteiger partial charge in [0.2, 0.25) is 0 Å². The largest absolute Gasteiger partial charge is 0.497 e. The number of methoxy groups -OCH3 is 1. The topological polar surface area (TPSA) is 90.8 Å². The molecule has 29 heavy (non-hydrogen) atoms. The van der Waals surface area contributed by atoms with Gasteiger partial charge in [-0.3, -0.25) is 15.3 Å². The fourth-order valence-corrected chi connectivity index (χ4v) is 4.72. The number of ether oxygens (including phenoxy) is 1. The van der Waals surface area contributed by atoms with Gasteiger partial charge in [0.1, 0.15) is 17.3 Å². The smallest absolute Gasteiger partial charge is 0.270 e. The van der Waals surface area contributed by atoms with E-state index in [0.29, 0.717) is 0 Å². The van der Waals surface area contributed by atoms with E-state index in [2.05, 4.69) is 5.32 Å². The number of benzene rings is 2. The van der Waals surface area contributed by atoms with Gasteiger partial charge in [0.15, 0.2) is 5.28 Å². The van der Waals surface area contributed by atoms with Gasteiger partial charge in [-0.15, -0.1) is 0 Å². The van der Waals surface area contributed by atoms with Gasteiger partial charge in [0.25, 0.3) is 5.91 Å². The van der Waals surface area contributed by atoms with E-state index in [9.17, 15) is 14.3 Å². The molecule has 2 unspecified atom stereocenters. The second-order valence-electron chi connectivity index (χ2n) is 6.98. The third kappa shape index (κ3) is 4.05. The zero-order valence-corrected chi connectivity index (χ0v) is 17.1. The van der Waals surface area contributed by atoms with Gasteiger partial charge in [0.05, 0.1) is 7.11 Å². The van der Waals surface area contributed by atoms with Crippen molar-refractivity contribution in [2.45, 2.75) is 23.7 Å². The molecule has 0 aliphatic carbocycles. The lowest BCUT2D eigenvalue weighted by molar-refractivity contribution is -0.147. The summed E-state index contributed by atoms with van der Waals surface area (Å²) in [6, 6.07) is 15.7. The summed E-state index contributed by atoms with van der Waals surface area (Å²) >= 11 is 0. The molecule has 1 saturated heterocycles. The van der Waals surface area contributed by atoms with Crippen LogP contribution < -0.4 is 15.5 Å². The number of hydroxylamine groups is 1. The third-order valence-corrected chi connectivity index (χ3v) is 7.33. The lowest BCUT2D eigenvalue weighted by atomic mass is 9.94. The molecule has 1 fully saturated rings. The molecule has 0 saturated carbocycles. The number of carbonyl (C=O) groups excluding carboxylic acids is 1. The maximum atomic E-state index is 13.7. The molecule has 154 valence electrons. The number of aliphatic hydroxyl groups is 1. The van der Waals surface area contributed by atoms with Crippen molar-refractivity contribution in [3.8, 4) is 16.9 Å². The highest BCUT2D eigenvalue weighted by atomic mass is 31.1. The summed E-state index contributed by atoms with van der Waals surface area (Å²) in [6.45, 7) is 1.47. The monoisotopic (exact) mass is 418 g/mol. The van der Waals surface area contributed by atoms with Gasteiger partial charge >= 0.3 is 0 Å². The maximum absolute atomic E-state index is 13.7. The first-order chi connectivity index (χ1) is 13.8. The summed E-state index contributed by atoms with van der Waals surface area (Å²) in [7, 11) is 1.14. The van der Waals surface area contributed by atoms with E-state index in [1.54, 1.807) is 13.2 Å². The van der Waals surface area contributed by atoms with E-state index < -0.39 is 31.3 Å². The summed E-state index contributed by atoms with van der Waals surface area (Å²) in [5.41, 5.74) is 2.74. The van der Waals surface area contributed by atoms with Crippen LogP contribution in [0.5, 0.6) is 5.75 Å².